The SMILES string of the molecule is OCC1(CNc2ccc(F)cn2)CCCCC1. The third-order valence-corrected chi connectivity index (χ3v) is 3.62. The number of aliphatic hydroxyl groups is 1. The predicted molar refractivity (Wildman–Crippen MR) is 65.3 cm³/mol. The number of pyridine rings is 1. The Balaban J connectivity index is 1.93. The molecule has 0 radical (unpaired) electrons. The molecule has 0 saturated heterocycles. The molecule has 1 aromatic heterocycles. The second kappa shape index (κ2) is 5.45. The van der Waals surface area contributed by atoms with Crippen molar-refractivity contribution in [1.29, 1.82) is 0 Å². The van der Waals surface area contributed by atoms with Crippen molar-refractivity contribution in [3.05, 3.63) is 24.1 Å². The van der Waals surface area contributed by atoms with E-state index in [4.69, 9.17) is 0 Å². The Bertz CT molecular complexity index is 347. The summed E-state index contributed by atoms with van der Waals surface area (Å²) in [4.78, 5) is 3.96. The second-order valence-electron chi connectivity index (χ2n) is 4.93. The number of hydrogen-bond donors (Lipinski definition) is 2. The number of hydrogen-bond acceptors (Lipinski definition) is 3. The zero-order valence-electron chi connectivity index (χ0n) is 9.95. The van der Waals surface area contributed by atoms with Gasteiger partial charge in [-0.25, -0.2) is 9.37 Å². The third-order valence-electron chi connectivity index (χ3n) is 3.62. The molecule has 1 fully saturated rings. The van der Waals surface area contributed by atoms with E-state index >= 15 is 0 Å². The van der Waals surface area contributed by atoms with Crippen LogP contribution in [0.4, 0.5) is 10.2 Å². The molecule has 3 nitrogen and oxygen atoms in total. The average Bonchev–Trinajstić information content (AvgIpc) is 2.39. The van der Waals surface area contributed by atoms with Gasteiger partial charge in [-0.2, -0.15) is 0 Å². The van der Waals surface area contributed by atoms with Crippen molar-refractivity contribution in [1.82, 2.24) is 4.98 Å². The highest BCUT2D eigenvalue weighted by atomic mass is 19.1. The number of rotatable bonds is 4. The lowest BCUT2D eigenvalue weighted by Gasteiger charge is -2.35. The molecule has 1 saturated carbocycles. The molecule has 0 atom stereocenters. The van der Waals surface area contributed by atoms with E-state index in [1.807, 2.05) is 0 Å². The first-order valence-electron chi connectivity index (χ1n) is 6.20. The van der Waals surface area contributed by atoms with Crippen LogP contribution < -0.4 is 5.32 Å². The maximum Gasteiger partial charge on any atom is 0.141 e. The predicted octanol–water partition coefficient (Wildman–Crippen LogP) is 2.58. The number of aromatic nitrogens is 1. The Morgan fingerprint density at radius 1 is 1.29 bits per heavy atom. The van der Waals surface area contributed by atoms with Crippen LogP contribution in [0.15, 0.2) is 18.3 Å². The van der Waals surface area contributed by atoms with Crippen molar-refractivity contribution in [2.75, 3.05) is 18.5 Å². The zero-order chi connectivity index (χ0) is 12.1. The van der Waals surface area contributed by atoms with Gasteiger partial charge in [0, 0.05) is 12.0 Å². The molecule has 0 bridgehead atoms. The Morgan fingerprint density at radius 3 is 2.65 bits per heavy atom. The Hall–Kier alpha value is -1.16. The fourth-order valence-electron chi connectivity index (χ4n) is 2.45. The summed E-state index contributed by atoms with van der Waals surface area (Å²) in [5.41, 5.74) is -0.0195. The fourth-order valence-corrected chi connectivity index (χ4v) is 2.45. The molecule has 0 aliphatic heterocycles. The van der Waals surface area contributed by atoms with E-state index in [9.17, 15) is 9.50 Å². The Kier molecular flexibility index (Phi) is 3.94. The summed E-state index contributed by atoms with van der Waals surface area (Å²) < 4.78 is 12.7. The first-order chi connectivity index (χ1) is 8.24. The molecule has 0 spiro atoms. The monoisotopic (exact) mass is 238 g/mol. The highest BCUT2D eigenvalue weighted by molar-refractivity contribution is 5.33. The van der Waals surface area contributed by atoms with Crippen molar-refractivity contribution >= 4 is 5.82 Å². The molecule has 0 amide bonds. The van der Waals surface area contributed by atoms with Crippen molar-refractivity contribution in [3.8, 4) is 0 Å². The van der Waals surface area contributed by atoms with E-state index < -0.39 is 0 Å². The van der Waals surface area contributed by atoms with Gasteiger partial charge in [0.25, 0.3) is 0 Å². The van der Waals surface area contributed by atoms with Gasteiger partial charge >= 0.3 is 0 Å². The maximum absolute atomic E-state index is 12.7. The van der Waals surface area contributed by atoms with Crippen LogP contribution in [0, 0.1) is 11.2 Å². The van der Waals surface area contributed by atoms with Crippen molar-refractivity contribution in [2.45, 2.75) is 32.1 Å². The molecular formula is C13H19FN2O. The van der Waals surface area contributed by atoms with Gasteiger partial charge in [-0.1, -0.05) is 19.3 Å². The van der Waals surface area contributed by atoms with Gasteiger partial charge in [0.1, 0.15) is 11.6 Å². The Labute approximate surface area is 101 Å². The first-order valence-corrected chi connectivity index (χ1v) is 6.20. The molecule has 2 N–H and O–H groups in total. The molecule has 17 heavy (non-hydrogen) atoms. The van der Waals surface area contributed by atoms with Crippen LogP contribution in [0.3, 0.4) is 0 Å². The van der Waals surface area contributed by atoms with Gasteiger partial charge in [0.05, 0.1) is 12.8 Å². The Morgan fingerprint density at radius 2 is 2.06 bits per heavy atom. The maximum atomic E-state index is 12.7. The summed E-state index contributed by atoms with van der Waals surface area (Å²) in [6, 6.07) is 3.02. The average molecular weight is 238 g/mol. The van der Waals surface area contributed by atoms with E-state index in [-0.39, 0.29) is 17.8 Å². The number of halogens is 1. The molecule has 0 aromatic carbocycles. The van der Waals surface area contributed by atoms with Crippen LogP contribution in [0.5, 0.6) is 0 Å². The summed E-state index contributed by atoms with van der Waals surface area (Å²) >= 11 is 0. The second-order valence-corrected chi connectivity index (χ2v) is 4.93. The van der Waals surface area contributed by atoms with Gasteiger partial charge in [0.15, 0.2) is 0 Å². The molecule has 1 aliphatic carbocycles. The molecule has 1 aliphatic rings. The van der Waals surface area contributed by atoms with Gasteiger partial charge < -0.3 is 10.4 Å². The van der Waals surface area contributed by atoms with E-state index in [2.05, 4.69) is 10.3 Å². The van der Waals surface area contributed by atoms with Crippen LogP contribution in [0.1, 0.15) is 32.1 Å². The molecule has 94 valence electrons. The number of anilines is 1. The van der Waals surface area contributed by atoms with Crippen LogP contribution in [0.25, 0.3) is 0 Å². The lowest BCUT2D eigenvalue weighted by Crippen LogP contribution is -2.35. The summed E-state index contributed by atoms with van der Waals surface area (Å²) in [5.74, 6) is 0.342. The fraction of sp³-hybridized carbons (Fsp3) is 0.615. The van der Waals surface area contributed by atoms with E-state index in [1.54, 1.807) is 6.07 Å². The van der Waals surface area contributed by atoms with E-state index in [0.29, 0.717) is 12.4 Å². The highest BCUT2D eigenvalue weighted by Crippen LogP contribution is 2.35. The molecule has 1 aromatic rings. The summed E-state index contributed by atoms with van der Waals surface area (Å²) in [7, 11) is 0. The highest BCUT2D eigenvalue weighted by Gasteiger charge is 2.31. The topological polar surface area (TPSA) is 45.1 Å². The standard InChI is InChI=1S/C13H19FN2O/c14-11-4-5-12(15-8-11)16-9-13(10-17)6-2-1-3-7-13/h4-5,8,17H,1-3,6-7,9-10H2,(H,15,16). The zero-order valence-corrected chi connectivity index (χ0v) is 9.95. The van der Waals surface area contributed by atoms with Crippen molar-refractivity contribution in [2.24, 2.45) is 5.41 Å². The minimum absolute atomic E-state index is 0.0195. The summed E-state index contributed by atoms with van der Waals surface area (Å²) in [5, 5.41) is 12.7. The normalized spacial score (nSPS) is 18.9. The number of nitrogens with one attached hydrogen (secondary N) is 1. The number of aliphatic hydroxyl groups excluding tert-OH is 1. The molecule has 4 heteroatoms. The minimum atomic E-state index is -0.329. The molecule has 0 unspecified atom stereocenters. The molecule has 2 rings (SSSR count). The van der Waals surface area contributed by atoms with Crippen molar-refractivity contribution < 1.29 is 9.50 Å². The summed E-state index contributed by atoms with van der Waals surface area (Å²) in [6.07, 6.45) is 6.93. The lowest BCUT2D eigenvalue weighted by molar-refractivity contribution is 0.0943. The van der Waals surface area contributed by atoms with Gasteiger partial charge in [0.2, 0.25) is 0 Å². The van der Waals surface area contributed by atoms with Crippen LogP contribution in [-0.4, -0.2) is 23.2 Å². The van der Waals surface area contributed by atoms with Crippen molar-refractivity contribution in [3.63, 3.8) is 0 Å². The van der Waals surface area contributed by atoms with Crippen LogP contribution in [0.2, 0.25) is 0 Å². The molecule has 1 heterocycles. The van der Waals surface area contributed by atoms with E-state index in [1.165, 1.54) is 31.5 Å². The smallest absolute Gasteiger partial charge is 0.141 e. The van der Waals surface area contributed by atoms with Crippen LogP contribution in [-0.2, 0) is 0 Å². The third kappa shape index (κ3) is 3.16. The van der Waals surface area contributed by atoms with E-state index in [0.717, 1.165) is 12.8 Å². The van der Waals surface area contributed by atoms with Crippen LogP contribution >= 0.6 is 0 Å². The van der Waals surface area contributed by atoms with Gasteiger partial charge in [-0.05, 0) is 25.0 Å². The quantitative estimate of drug-likeness (QED) is 0.847. The summed E-state index contributed by atoms with van der Waals surface area (Å²) in [6.45, 7) is 0.920. The minimum Gasteiger partial charge on any atom is -0.396 e. The first kappa shape index (κ1) is 12.3. The number of nitrogens with zero attached hydrogens (tertiary/aromatic N) is 1. The van der Waals surface area contributed by atoms with Gasteiger partial charge in [-0.15, -0.1) is 0 Å². The van der Waals surface area contributed by atoms with Gasteiger partial charge in [-0.3, -0.25) is 0 Å². The largest absolute Gasteiger partial charge is 0.396 e. The lowest BCUT2D eigenvalue weighted by atomic mass is 9.74. The molecular weight excluding hydrogens is 219 g/mol.